The minimum atomic E-state index is -3.81. The fourth-order valence-corrected chi connectivity index (χ4v) is 2.04. The van der Waals surface area contributed by atoms with Crippen LogP contribution in [0, 0.1) is 0 Å². The van der Waals surface area contributed by atoms with Crippen molar-refractivity contribution in [3.8, 4) is 0 Å². The molecule has 0 aliphatic rings. The summed E-state index contributed by atoms with van der Waals surface area (Å²) < 4.78 is 10.8. The molecule has 0 aromatic heterocycles. The Morgan fingerprint density at radius 2 is 1.91 bits per heavy atom. The lowest BCUT2D eigenvalue weighted by molar-refractivity contribution is 0.351. The molecule has 1 atom stereocenters. The molecule has 0 radical (unpaired) electrons. The molecule has 4 heteroatoms. The highest BCUT2D eigenvalue weighted by Crippen LogP contribution is 2.45. The molecule has 1 unspecified atom stereocenters. The van der Waals surface area contributed by atoms with Crippen LogP contribution in [0.25, 0.3) is 0 Å². The summed E-state index contributed by atoms with van der Waals surface area (Å²) in [5, 5.41) is 0. The van der Waals surface area contributed by atoms with Crippen LogP contribution in [0.5, 0.6) is 0 Å². The van der Waals surface area contributed by atoms with E-state index in [1.807, 2.05) is 13.8 Å². The molecule has 0 heterocycles. The van der Waals surface area contributed by atoms with Gasteiger partial charge in [0.1, 0.15) is 0 Å². The molecule has 0 aliphatic heterocycles. The molecule has 0 fully saturated rings. The van der Waals surface area contributed by atoms with Gasteiger partial charge in [-0.1, -0.05) is 26.7 Å². The lowest BCUT2D eigenvalue weighted by atomic mass is 10.2. The number of hydrogen-bond donors (Lipinski definition) is 2. The van der Waals surface area contributed by atoms with Crippen LogP contribution in [-0.4, -0.2) is 15.4 Å². The van der Waals surface area contributed by atoms with E-state index >= 15 is 0 Å². The summed E-state index contributed by atoms with van der Waals surface area (Å²) in [6.07, 6.45) is 3.13. The molecule has 68 valence electrons. The second-order valence-electron chi connectivity index (χ2n) is 2.79. The molecule has 0 amide bonds. The molecule has 2 N–H and O–H groups in total. The Balaban J connectivity index is 3.86. The zero-order chi connectivity index (χ0) is 8.91. The maximum Gasteiger partial charge on any atom is 0.328 e. The van der Waals surface area contributed by atoms with Crippen molar-refractivity contribution in [2.75, 3.05) is 0 Å². The summed E-state index contributed by atoms with van der Waals surface area (Å²) in [5.41, 5.74) is -0.414. The first-order valence-corrected chi connectivity index (χ1v) is 5.75. The van der Waals surface area contributed by atoms with Gasteiger partial charge in [0.05, 0.1) is 5.66 Å². The number of rotatable bonds is 5. The third-order valence-electron chi connectivity index (χ3n) is 1.84. The maximum absolute atomic E-state index is 10.8. The van der Waals surface area contributed by atoms with Gasteiger partial charge in [-0.2, -0.15) is 0 Å². The van der Waals surface area contributed by atoms with Crippen molar-refractivity contribution < 1.29 is 14.4 Å². The first kappa shape index (κ1) is 11.2. The molecule has 11 heavy (non-hydrogen) atoms. The Labute approximate surface area is 68.0 Å². The monoisotopic (exact) mass is 180 g/mol. The smallest absolute Gasteiger partial charge is 0.324 e. The quantitative estimate of drug-likeness (QED) is 0.637. The normalized spacial score (nSPS) is 14.9. The Bertz CT molecular complexity index is 141. The topological polar surface area (TPSA) is 57.5 Å². The lowest BCUT2D eigenvalue weighted by Crippen LogP contribution is -2.06. The first-order chi connectivity index (χ1) is 5.02. The van der Waals surface area contributed by atoms with E-state index < -0.39 is 13.3 Å². The predicted molar refractivity (Wildman–Crippen MR) is 45.6 cm³/mol. The summed E-state index contributed by atoms with van der Waals surface area (Å²) in [6, 6.07) is 0. The summed E-state index contributed by atoms with van der Waals surface area (Å²) in [5.74, 6) is 0. The Kier molecular flexibility index (Phi) is 4.98. The van der Waals surface area contributed by atoms with Gasteiger partial charge in [0.2, 0.25) is 0 Å². The standard InChI is InChI=1S/C7H17O3P/c1-3-5-6-7(4-2)11(8,9)10/h7H,3-6H2,1-2H3,(H2,8,9,10). The minimum absolute atomic E-state index is 0.414. The lowest BCUT2D eigenvalue weighted by Gasteiger charge is -2.15. The van der Waals surface area contributed by atoms with Gasteiger partial charge in [-0.3, -0.25) is 4.57 Å². The molecular formula is C7H17O3P. The van der Waals surface area contributed by atoms with Crippen molar-refractivity contribution in [1.29, 1.82) is 0 Å². The van der Waals surface area contributed by atoms with Gasteiger partial charge in [-0.25, -0.2) is 0 Å². The van der Waals surface area contributed by atoms with Crippen molar-refractivity contribution in [1.82, 2.24) is 0 Å². The van der Waals surface area contributed by atoms with Crippen LogP contribution >= 0.6 is 7.60 Å². The van der Waals surface area contributed by atoms with E-state index in [1.54, 1.807) is 0 Å². The van der Waals surface area contributed by atoms with Crippen LogP contribution in [0.1, 0.15) is 39.5 Å². The van der Waals surface area contributed by atoms with Crippen molar-refractivity contribution >= 4 is 7.60 Å². The molecule has 0 aromatic rings. The van der Waals surface area contributed by atoms with Crippen LogP contribution in [0.3, 0.4) is 0 Å². The summed E-state index contributed by atoms with van der Waals surface area (Å²) >= 11 is 0. The average molecular weight is 180 g/mol. The fraction of sp³-hybridized carbons (Fsp3) is 1.00. The molecule has 0 rings (SSSR count). The van der Waals surface area contributed by atoms with Gasteiger partial charge in [0.15, 0.2) is 0 Å². The van der Waals surface area contributed by atoms with Crippen LogP contribution in [-0.2, 0) is 4.57 Å². The van der Waals surface area contributed by atoms with E-state index in [4.69, 9.17) is 9.79 Å². The third-order valence-corrected chi connectivity index (χ3v) is 3.41. The second-order valence-corrected chi connectivity index (χ2v) is 4.70. The van der Waals surface area contributed by atoms with E-state index in [2.05, 4.69) is 0 Å². The van der Waals surface area contributed by atoms with Crippen molar-refractivity contribution in [3.63, 3.8) is 0 Å². The minimum Gasteiger partial charge on any atom is -0.324 e. The Hall–Kier alpha value is 0.150. The Morgan fingerprint density at radius 1 is 1.36 bits per heavy atom. The van der Waals surface area contributed by atoms with Gasteiger partial charge in [0, 0.05) is 0 Å². The van der Waals surface area contributed by atoms with Gasteiger partial charge in [-0.05, 0) is 12.8 Å². The van der Waals surface area contributed by atoms with E-state index in [9.17, 15) is 4.57 Å². The Morgan fingerprint density at radius 3 is 2.18 bits per heavy atom. The van der Waals surface area contributed by atoms with Gasteiger partial charge < -0.3 is 9.79 Å². The van der Waals surface area contributed by atoms with E-state index in [0.29, 0.717) is 12.8 Å². The molecule has 0 saturated carbocycles. The first-order valence-electron chi connectivity index (χ1n) is 4.07. The summed E-state index contributed by atoms with van der Waals surface area (Å²) in [6.45, 7) is 3.84. The van der Waals surface area contributed by atoms with Crippen molar-refractivity contribution in [2.24, 2.45) is 0 Å². The van der Waals surface area contributed by atoms with E-state index in [1.165, 1.54) is 0 Å². The molecular weight excluding hydrogens is 163 g/mol. The zero-order valence-electron chi connectivity index (χ0n) is 7.16. The molecule has 0 saturated heterocycles. The van der Waals surface area contributed by atoms with Gasteiger partial charge in [0.25, 0.3) is 0 Å². The highest BCUT2D eigenvalue weighted by atomic mass is 31.2. The summed E-state index contributed by atoms with van der Waals surface area (Å²) in [7, 11) is -3.81. The maximum atomic E-state index is 10.8. The summed E-state index contributed by atoms with van der Waals surface area (Å²) in [4.78, 5) is 17.6. The SMILES string of the molecule is CCCCC(CC)P(=O)(O)O. The fourth-order valence-electron chi connectivity index (χ4n) is 1.05. The zero-order valence-corrected chi connectivity index (χ0v) is 8.05. The van der Waals surface area contributed by atoms with E-state index in [-0.39, 0.29) is 0 Å². The highest BCUT2D eigenvalue weighted by molar-refractivity contribution is 7.52. The molecule has 3 nitrogen and oxygen atoms in total. The average Bonchev–Trinajstić information content (AvgIpc) is 1.87. The molecule has 0 spiro atoms. The van der Waals surface area contributed by atoms with Crippen molar-refractivity contribution in [2.45, 2.75) is 45.2 Å². The highest BCUT2D eigenvalue weighted by Gasteiger charge is 2.25. The van der Waals surface area contributed by atoms with Gasteiger partial charge >= 0.3 is 7.60 Å². The van der Waals surface area contributed by atoms with Crippen molar-refractivity contribution in [3.05, 3.63) is 0 Å². The molecule has 0 aromatic carbocycles. The van der Waals surface area contributed by atoms with Gasteiger partial charge in [-0.15, -0.1) is 0 Å². The van der Waals surface area contributed by atoms with E-state index in [0.717, 1.165) is 12.8 Å². The molecule has 0 bridgehead atoms. The van der Waals surface area contributed by atoms with Crippen LogP contribution in [0.4, 0.5) is 0 Å². The van der Waals surface area contributed by atoms with Crippen LogP contribution in [0.15, 0.2) is 0 Å². The van der Waals surface area contributed by atoms with Crippen LogP contribution in [0.2, 0.25) is 0 Å². The third kappa shape index (κ3) is 4.57. The number of unbranched alkanes of at least 4 members (excludes halogenated alkanes) is 1. The molecule has 0 aliphatic carbocycles. The second kappa shape index (κ2) is 4.91. The predicted octanol–water partition coefficient (Wildman–Crippen LogP) is 2.13. The largest absolute Gasteiger partial charge is 0.328 e. The van der Waals surface area contributed by atoms with Crippen LogP contribution < -0.4 is 0 Å². The number of hydrogen-bond acceptors (Lipinski definition) is 1.